The van der Waals surface area contributed by atoms with Crippen molar-refractivity contribution in [3.05, 3.63) is 63.3 Å². The highest BCUT2D eigenvalue weighted by Gasteiger charge is 2.32. The molecule has 3 heterocycles. The van der Waals surface area contributed by atoms with Gasteiger partial charge in [-0.05, 0) is 42.4 Å². The first-order valence-corrected chi connectivity index (χ1v) is 11.2. The van der Waals surface area contributed by atoms with Crippen LogP contribution in [0.4, 0.5) is 0 Å². The number of rotatable bonds is 3. The predicted molar refractivity (Wildman–Crippen MR) is 110 cm³/mol. The van der Waals surface area contributed by atoms with E-state index in [0.29, 0.717) is 0 Å². The third kappa shape index (κ3) is 3.25. The molecule has 2 aliphatic rings. The van der Waals surface area contributed by atoms with E-state index in [-0.39, 0.29) is 0 Å². The van der Waals surface area contributed by atoms with Gasteiger partial charge in [0.1, 0.15) is 0 Å². The van der Waals surface area contributed by atoms with Crippen molar-refractivity contribution in [2.75, 3.05) is 32.3 Å². The zero-order chi connectivity index (χ0) is 17.6. The molecule has 0 radical (unpaired) electrons. The van der Waals surface area contributed by atoms with E-state index in [1.807, 2.05) is 6.07 Å². The fourth-order valence-corrected chi connectivity index (χ4v) is 6.55. The number of aromatic nitrogens is 1. The van der Waals surface area contributed by atoms with Crippen LogP contribution in [0.5, 0.6) is 0 Å². The van der Waals surface area contributed by atoms with Gasteiger partial charge in [0.15, 0.2) is 0 Å². The largest absolute Gasteiger partial charge is 0.375 e. The second-order valence-electron chi connectivity index (χ2n) is 7.27. The minimum absolute atomic E-state index is 0.747. The zero-order valence-electron chi connectivity index (χ0n) is 15.0. The number of hydrogen-bond acceptors (Lipinski definition) is 3. The number of aryl methyl sites for hydroxylation is 1. The van der Waals surface area contributed by atoms with Crippen molar-refractivity contribution in [1.82, 2.24) is 14.8 Å². The Morgan fingerprint density at radius 3 is 2.96 bits per heavy atom. The van der Waals surface area contributed by atoms with Crippen LogP contribution in [-0.4, -0.2) is 47.1 Å². The molecule has 0 saturated carbocycles. The molecule has 0 bridgehead atoms. The molecule has 25 heavy (non-hydrogen) atoms. The first kappa shape index (κ1) is 16.8. The number of likely N-dealkylation sites (N-methyl/N-ethyl adjacent to an activating group) is 1. The Labute approximate surface area is 156 Å². The van der Waals surface area contributed by atoms with Gasteiger partial charge in [-0.2, -0.15) is 10.0 Å². The molecule has 1 unspecified atom stereocenters. The average Bonchev–Trinajstić information content (AvgIpc) is 2.89. The van der Waals surface area contributed by atoms with E-state index in [0.717, 1.165) is 47.0 Å². The van der Waals surface area contributed by atoms with Crippen molar-refractivity contribution < 1.29 is 0 Å². The number of nitrogens with zero attached hydrogens (tertiary/aromatic N) is 3. The Hall–Kier alpha value is -1.65. The number of fused-ring (bicyclic) bond motifs is 2. The summed E-state index contributed by atoms with van der Waals surface area (Å²) in [5, 5.41) is 4.28. The number of pyridine rings is 1. The van der Waals surface area contributed by atoms with Gasteiger partial charge >= 0.3 is 0 Å². The van der Waals surface area contributed by atoms with Crippen LogP contribution in [0, 0.1) is 6.92 Å². The van der Waals surface area contributed by atoms with E-state index in [1.54, 1.807) is 4.91 Å². The minimum Gasteiger partial charge on any atom is -0.375 e. The smallest absolute Gasteiger partial charge is 0.0891 e. The molecule has 0 N–H and O–H groups in total. The van der Waals surface area contributed by atoms with Crippen molar-refractivity contribution >= 4 is 32.5 Å². The number of hydrogen-bond donors (Lipinski definition) is 0. The molecule has 0 aliphatic carbocycles. The van der Waals surface area contributed by atoms with E-state index in [2.05, 4.69) is 66.0 Å². The molecule has 0 amide bonds. The third-order valence-electron chi connectivity index (χ3n) is 4.98. The second kappa shape index (κ2) is 6.26. The van der Waals surface area contributed by atoms with Crippen LogP contribution in [0.2, 0.25) is 5.02 Å². The molecule has 2 aliphatic heterocycles. The van der Waals surface area contributed by atoms with Gasteiger partial charge in [-0.15, -0.1) is 0 Å². The van der Waals surface area contributed by atoms with Gasteiger partial charge in [0.25, 0.3) is 0 Å². The first-order chi connectivity index (χ1) is 11.9. The number of halogens is 1. The molecule has 4 rings (SSSR count). The van der Waals surface area contributed by atoms with Crippen molar-refractivity contribution in [2.45, 2.75) is 13.3 Å². The van der Waals surface area contributed by atoms with Gasteiger partial charge in [0.05, 0.1) is 16.4 Å². The van der Waals surface area contributed by atoms with Crippen LogP contribution < -0.4 is 0 Å². The molecule has 1 aromatic carbocycles. The van der Waals surface area contributed by atoms with Crippen LogP contribution in [0.15, 0.2) is 47.0 Å². The lowest BCUT2D eigenvalue weighted by molar-refractivity contribution is 0.443. The lowest BCUT2D eigenvalue weighted by Gasteiger charge is -2.37. The maximum absolute atomic E-state index is 6.38. The topological polar surface area (TPSA) is 19.4 Å². The summed E-state index contributed by atoms with van der Waals surface area (Å²) in [5.74, 6) is 1.14. The lowest BCUT2D eigenvalue weighted by atomic mass is 10.1. The summed E-state index contributed by atoms with van der Waals surface area (Å²) in [7, 11) is 1.39. The Bertz CT molecular complexity index is 892. The summed E-state index contributed by atoms with van der Waals surface area (Å²) in [6.45, 7) is 4.13. The third-order valence-corrected chi connectivity index (χ3v) is 8.29. The average molecular weight is 374 g/mol. The van der Waals surface area contributed by atoms with Crippen molar-refractivity contribution in [2.24, 2.45) is 0 Å². The van der Waals surface area contributed by atoms with Gasteiger partial charge in [-0.3, -0.25) is 4.98 Å². The van der Waals surface area contributed by atoms with Crippen LogP contribution >= 0.6 is 21.6 Å². The number of benzene rings is 1. The molecule has 1 aromatic heterocycles. The molecule has 0 fully saturated rings. The second-order valence-corrected chi connectivity index (χ2v) is 11.0. The molecule has 132 valence electrons. The van der Waals surface area contributed by atoms with Crippen molar-refractivity contribution in [3.8, 4) is 0 Å². The molecule has 1 atom stereocenters. The van der Waals surface area contributed by atoms with E-state index in [4.69, 9.17) is 16.6 Å². The SMILES string of the molecule is Cc1cc(Cl)c2nc(CCN3C=C4CN(C)C=CS4(C)C3)ccc2c1. The molecule has 2 aromatic rings. The van der Waals surface area contributed by atoms with Gasteiger partial charge in [-0.1, -0.05) is 17.7 Å². The standard InChI is InChI=1S/C20H24ClN3S/c1-15-10-16-4-5-17(22-20(16)19(21)11-15)6-7-24-13-18-12-23(2)8-9-25(18,3)14-24/h4-5,8-11,13H,6-7,12,14H2,1-3H3. The Morgan fingerprint density at radius 1 is 1.28 bits per heavy atom. The molecule has 3 nitrogen and oxygen atoms in total. The molecule has 0 saturated heterocycles. The maximum atomic E-state index is 6.38. The summed E-state index contributed by atoms with van der Waals surface area (Å²) < 4.78 is 0. The fourth-order valence-electron chi connectivity index (χ4n) is 3.54. The van der Waals surface area contributed by atoms with E-state index < -0.39 is 10.0 Å². The Kier molecular flexibility index (Phi) is 4.20. The first-order valence-electron chi connectivity index (χ1n) is 8.58. The monoisotopic (exact) mass is 373 g/mol. The molecule has 0 spiro atoms. The summed E-state index contributed by atoms with van der Waals surface area (Å²) in [6, 6.07) is 8.41. The minimum atomic E-state index is -0.755. The van der Waals surface area contributed by atoms with E-state index in [9.17, 15) is 0 Å². The highest BCUT2D eigenvalue weighted by Crippen LogP contribution is 2.59. The quantitative estimate of drug-likeness (QED) is 0.777. The zero-order valence-corrected chi connectivity index (χ0v) is 16.6. The van der Waals surface area contributed by atoms with Crippen molar-refractivity contribution in [3.63, 3.8) is 0 Å². The van der Waals surface area contributed by atoms with Crippen molar-refractivity contribution in [1.29, 1.82) is 0 Å². The van der Waals surface area contributed by atoms with Crippen LogP contribution in [0.25, 0.3) is 10.9 Å². The van der Waals surface area contributed by atoms with Gasteiger partial charge in [0.2, 0.25) is 0 Å². The lowest BCUT2D eigenvalue weighted by Crippen LogP contribution is -2.22. The fraction of sp³-hybridized carbons (Fsp3) is 0.350. The highest BCUT2D eigenvalue weighted by atomic mass is 35.5. The summed E-state index contributed by atoms with van der Waals surface area (Å²) >= 11 is 6.38. The van der Waals surface area contributed by atoms with E-state index >= 15 is 0 Å². The van der Waals surface area contributed by atoms with Crippen LogP contribution in [-0.2, 0) is 6.42 Å². The van der Waals surface area contributed by atoms with E-state index in [1.165, 1.54) is 5.56 Å². The molecular formula is C20H24ClN3S. The van der Waals surface area contributed by atoms with Gasteiger partial charge in [-0.25, -0.2) is 0 Å². The van der Waals surface area contributed by atoms with Crippen LogP contribution in [0.3, 0.4) is 0 Å². The van der Waals surface area contributed by atoms with Gasteiger partial charge in [0, 0.05) is 54.9 Å². The predicted octanol–water partition coefficient (Wildman–Crippen LogP) is 4.70. The van der Waals surface area contributed by atoms with Gasteiger partial charge < -0.3 is 9.80 Å². The molecular weight excluding hydrogens is 350 g/mol. The normalized spacial score (nSPS) is 25.0. The molecule has 5 heteroatoms. The summed E-state index contributed by atoms with van der Waals surface area (Å²) in [5.41, 5.74) is 3.20. The highest BCUT2D eigenvalue weighted by molar-refractivity contribution is 8.38. The Balaban J connectivity index is 1.49. The maximum Gasteiger partial charge on any atom is 0.0891 e. The summed E-state index contributed by atoms with van der Waals surface area (Å²) in [6.07, 6.45) is 7.98. The summed E-state index contributed by atoms with van der Waals surface area (Å²) in [4.78, 5) is 11.1. The Morgan fingerprint density at radius 2 is 2.12 bits per heavy atom. The van der Waals surface area contributed by atoms with Crippen LogP contribution in [0.1, 0.15) is 11.3 Å².